The van der Waals surface area contributed by atoms with E-state index in [9.17, 15) is 9.59 Å². The molecule has 1 aliphatic carbocycles. The van der Waals surface area contributed by atoms with Gasteiger partial charge in [0.2, 0.25) is 0 Å². The number of benzene rings is 2. The van der Waals surface area contributed by atoms with Crippen molar-refractivity contribution in [1.29, 1.82) is 0 Å². The molecule has 1 heterocycles. The molecule has 152 valence electrons. The number of unbranched alkanes of at least 4 members (excludes halogenated alkanes) is 1. The van der Waals surface area contributed by atoms with Crippen molar-refractivity contribution in [2.75, 3.05) is 13.2 Å². The molecule has 0 atom stereocenters. The molecule has 0 saturated heterocycles. The van der Waals surface area contributed by atoms with Crippen LogP contribution in [0.15, 0.2) is 48.5 Å². The Balaban J connectivity index is 1.23. The zero-order chi connectivity index (χ0) is 20.1. The Morgan fingerprint density at radius 3 is 2.31 bits per heavy atom. The van der Waals surface area contributed by atoms with Crippen molar-refractivity contribution in [3.63, 3.8) is 0 Å². The van der Waals surface area contributed by atoms with Gasteiger partial charge in [0.25, 0.3) is 11.8 Å². The summed E-state index contributed by atoms with van der Waals surface area (Å²) in [6.45, 7) is 1.30. The predicted molar refractivity (Wildman–Crippen MR) is 113 cm³/mol. The Morgan fingerprint density at radius 1 is 0.862 bits per heavy atom. The van der Waals surface area contributed by atoms with Gasteiger partial charge in [-0.05, 0) is 67.9 Å². The summed E-state index contributed by atoms with van der Waals surface area (Å²) in [5.74, 6) is 1.33. The Morgan fingerprint density at radius 2 is 1.59 bits per heavy atom. The Kier molecular flexibility index (Phi) is 6.28. The Hall–Kier alpha value is -2.62. The first-order valence-corrected chi connectivity index (χ1v) is 10.9. The van der Waals surface area contributed by atoms with Crippen molar-refractivity contribution in [1.82, 2.24) is 4.90 Å². The molecule has 0 spiro atoms. The van der Waals surface area contributed by atoms with Crippen molar-refractivity contribution >= 4 is 11.8 Å². The lowest BCUT2D eigenvalue weighted by Gasteiger charge is -2.21. The molecule has 0 unspecified atom stereocenters. The fraction of sp³-hybridized carbons (Fsp3) is 0.440. The number of ether oxygens (including phenoxy) is 1. The number of nitrogens with zero attached hydrogens (tertiary/aromatic N) is 1. The van der Waals surface area contributed by atoms with Gasteiger partial charge < -0.3 is 4.74 Å². The summed E-state index contributed by atoms with van der Waals surface area (Å²) < 4.78 is 6.04. The molecule has 2 aliphatic rings. The summed E-state index contributed by atoms with van der Waals surface area (Å²) in [7, 11) is 0. The van der Waals surface area contributed by atoms with Gasteiger partial charge in [-0.1, -0.05) is 43.5 Å². The molecular weight excluding hydrogens is 362 g/mol. The number of rotatable bonds is 8. The van der Waals surface area contributed by atoms with Crippen LogP contribution in [0.1, 0.15) is 71.2 Å². The monoisotopic (exact) mass is 391 g/mol. The molecule has 0 bridgehead atoms. The highest BCUT2D eigenvalue weighted by Gasteiger charge is 2.34. The van der Waals surface area contributed by atoms with Crippen LogP contribution >= 0.6 is 0 Å². The van der Waals surface area contributed by atoms with Crippen LogP contribution < -0.4 is 4.74 Å². The van der Waals surface area contributed by atoms with Gasteiger partial charge in [0, 0.05) is 6.54 Å². The summed E-state index contributed by atoms with van der Waals surface area (Å²) in [4.78, 5) is 26.2. The molecule has 2 amide bonds. The number of hydrogen-bond acceptors (Lipinski definition) is 3. The smallest absolute Gasteiger partial charge is 0.261 e. The maximum atomic E-state index is 12.4. The Bertz CT molecular complexity index is 835. The van der Waals surface area contributed by atoms with Gasteiger partial charge in [-0.3, -0.25) is 14.5 Å². The van der Waals surface area contributed by atoms with E-state index in [0.717, 1.165) is 31.6 Å². The van der Waals surface area contributed by atoms with Gasteiger partial charge in [-0.15, -0.1) is 0 Å². The van der Waals surface area contributed by atoms with Crippen LogP contribution in [-0.4, -0.2) is 29.9 Å². The van der Waals surface area contributed by atoms with Crippen LogP contribution in [-0.2, 0) is 6.42 Å². The molecular formula is C25H29NO3. The van der Waals surface area contributed by atoms with E-state index in [0.29, 0.717) is 23.6 Å². The fourth-order valence-electron chi connectivity index (χ4n) is 4.40. The first kappa shape index (κ1) is 19.7. The molecule has 0 N–H and O–H groups in total. The number of carbonyl (C=O) groups excluding carboxylic acids is 2. The maximum Gasteiger partial charge on any atom is 0.261 e. The van der Waals surface area contributed by atoms with E-state index in [2.05, 4.69) is 18.2 Å². The van der Waals surface area contributed by atoms with Crippen molar-refractivity contribution < 1.29 is 14.3 Å². The highest BCUT2D eigenvalue weighted by molar-refractivity contribution is 6.21. The maximum absolute atomic E-state index is 12.4. The molecule has 29 heavy (non-hydrogen) atoms. The lowest BCUT2D eigenvalue weighted by Crippen LogP contribution is -2.30. The van der Waals surface area contributed by atoms with Gasteiger partial charge in [-0.25, -0.2) is 0 Å². The van der Waals surface area contributed by atoms with Gasteiger partial charge >= 0.3 is 0 Å². The standard InChI is InChI=1S/C25H29NO3/c27-24-22-14-4-5-15-23(22)25(28)26(24)16-7-6-9-19-12-8-13-21(17-19)29-18-20-10-2-1-3-11-20/h4-5,8,12-15,17,20H,1-3,6-7,9-11,16,18H2. The second-order valence-electron chi connectivity index (χ2n) is 8.23. The summed E-state index contributed by atoms with van der Waals surface area (Å²) in [5, 5.41) is 0. The summed E-state index contributed by atoms with van der Waals surface area (Å²) in [6.07, 6.45) is 9.27. The molecule has 4 nitrogen and oxygen atoms in total. The average molecular weight is 392 g/mol. The second-order valence-corrected chi connectivity index (χ2v) is 8.23. The van der Waals surface area contributed by atoms with Crippen LogP contribution in [0.25, 0.3) is 0 Å². The van der Waals surface area contributed by atoms with Gasteiger partial charge in [0.15, 0.2) is 0 Å². The Labute approximate surface area is 172 Å². The number of imide groups is 1. The topological polar surface area (TPSA) is 46.6 Å². The quantitative estimate of drug-likeness (QED) is 0.455. The van der Waals surface area contributed by atoms with E-state index >= 15 is 0 Å². The molecule has 1 saturated carbocycles. The lowest BCUT2D eigenvalue weighted by molar-refractivity contribution is 0.0652. The zero-order valence-corrected chi connectivity index (χ0v) is 16.9. The van der Waals surface area contributed by atoms with Crippen LogP contribution in [0.2, 0.25) is 0 Å². The van der Waals surface area contributed by atoms with Gasteiger partial charge in [0.1, 0.15) is 5.75 Å². The average Bonchev–Trinajstić information content (AvgIpc) is 3.01. The fourth-order valence-corrected chi connectivity index (χ4v) is 4.40. The molecule has 0 aromatic heterocycles. The molecule has 1 fully saturated rings. The van der Waals surface area contributed by atoms with Crippen molar-refractivity contribution in [2.45, 2.75) is 51.4 Å². The third-order valence-electron chi connectivity index (χ3n) is 6.08. The molecule has 0 radical (unpaired) electrons. The third-order valence-corrected chi connectivity index (χ3v) is 6.08. The van der Waals surface area contributed by atoms with E-state index in [1.807, 2.05) is 6.07 Å². The third kappa shape index (κ3) is 4.69. The first-order chi connectivity index (χ1) is 14.2. The highest BCUT2D eigenvalue weighted by Crippen LogP contribution is 2.25. The largest absolute Gasteiger partial charge is 0.493 e. The number of fused-ring (bicyclic) bond motifs is 1. The summed E-state index contributed by atoms with van der Waals surface area (Å²) in [5.41, 5.74) is 2.30. The molecule has 4 rings (SSSR count). The normalized spacial score (nSPS) is 16.9. The van der Waals surface area contributed by atoms with Gasteiger partial charge in [0.05, 0.1) is 17.7 Å². The zero-order valence-electron chi connectivity index (χ0n) is 16.9. The number of aryl methyl sites for hydroxylation is 1. The van der Waals surface area contributed by atoms with Crippen LogP contribution in [0.5, 0.6) is 5.75 Å². The SMILES string of the molecule is O=C1c2ccccc2C(=O)N1CCCCc1cccc(OCC2CCCCC2)c1. The van der Waals surface area contributed by atoms with Crippen LogP contribution in [0, 0.1) is 5.92 Å². The molecule has 4 heteroatoms. The van der Waals surface area contributed by atoms with Crippen LogP contribution in [0.4, 0.5) is 0 Å². The second kappa shape index (κ2) is 9.25. The summed E-state index contributed by atoms with van der Waals surface area (Å²) >= 11 is 0. The van der Waals surface area contributed by atoms with Crippen LogP contribution in [0.3, 0.4) is 0 Å². The van der Waals surface area contributed by atoms with Crippen molar-refractivity contribution in [2.24, 2.45) is 5.92 Å². The minimum absolute atomic E-state index is 0.163. The number of carbonyl (C=O) groups is 2. The van der Waals surface area contributed by atoms with E-state index in [4.69, 9.17) is 4.74 Å². The minimum Gasteiger partial charge on any atom is -0.493 e. The van der Waals surface area contributed by atoms with Crippen molar-refractivity contribution in [3.05, 3.63) is 65.2 Å². The van der Waals surface area contributed by atoms with E-state index < -0.39 is 0 Å². The molecule has 1 aliphatic heterocycles. The van der Waals surface area contributed by atoms with Gasteiger partial charge in [-0.2, -0.15) is 0 Å². The van der Waals surface area contributed by atoms with E-state index in [1.54, 1.807) is 24.3 Å². The minimum atomic E-state index is -0.163. The van der Waals surface area contributed by atoms with Crippen molar-refractivity contribution in [3.8, 4) is 5.75 Å². The van der Waals surface area contributed by atoms with E-state index in [-0.39, 0.29) is 11.8 Å². The predicted octanol–water partition coefficient (Wildman–Crippen LogP) is 5.26. The van der Waals surface area contributed by atoms with E-state index in [1.165, 1.54) is 42.6 Å². The first-order valence-electron chi connectivity index (χ1n) is 10.9. The number of hydrogen-bond donors (Lipinski definition) is 0. The molecule has 2 aromatic carbocycles. The lowest BCUT2D eigenvalue weighted by atomic mass is 9.90. The highest BCUT2D eigenvalue weighted by atomic mass is 16.5. The molecule has 2 aromatic rings. The number of amides is 2. The summed E-state index contributed by atoms with van der Waals surface area (Å²) in [6, 6.07) is 15.4.